The first-order valence-electron chi connectivity index (χ1n) is 6.03. The van der Waals surface area contributed by atoms with Crippen LogP contribution >= 0.6 is 23.4 Å². The predicted molar refractivity (Wildman–Crippen MR) is 79.4 cm³/mol. The number of hydrogen-bond acceptors (Lipinski definition) is 4. The topological polar surface area (TPSA) is 63.1 Å². The van der Waals surface area contributed by atoms with Gasteiger partial charge in [-0.25, -0.2) is 19.2 Å². The van der Waals surface area contributed by atoms with E-state index in [1.807, 2.05) is 0 Å². The molecule has 4 nitrogen and oxygen atoms in total. The largest absolute Gasteiger partial charge is 0.478 e. The molecule has 0 amide bonds. The van der Waals surface area contributed by atoms with Gasteiger partial charge in [-0.2, -0.15) is 0 Å². The van der Waals surface area contributed by atoms with E-state index in [1.165, 1.54) is 30.0 Å². The number of carboxylic acids is 1. The second-order valence-corrected chi connectivity index (χ2v) is 5.74. The number of nitrogens with zero attached hydrogens (tertiary/aromatic N) is 2. The molecule has 2 rings (SSSR count). The van der Waals surface area contributed by atoms with Gasteiger partial charge in [0.15, 0.2) is 0 Å². The van der Waals surface area contributed by atoms with Crippen molar-refractivity contribution >= 4 is 29.3 Å². The van der Waals surface area contributed by atoms with Crippen LogP contribution in [0.15, 0.2) is 23.2 Å². The first-order chi connectivity index (χ1) is 9.88. The molecule has 0 radical (unpaired) electrons. The lowest BCUT2D eigenvalue weighted by Gasteiger charge is -2.09. The number of aryl methyl sites for hydroxylation is 2. The molecule has 0 saturated carbocycles. The Morgan fingerprint density at radius 2 is 2.10 bits per heavy atom. The van der Waals surface area contributed by atoms with Crippen molar-refractivity contribution < 1.29 is 14.3 Å². The highest BCUT2D eigenvalue weighted by Gasteiger charge is 2.18. The Labute approximate surface area is 130 Å². The van der Waals surface area contributed by atoms with E-state index in [-0.39, 0.29) is 11.4 Å². The summed E-state index contributed by atoms with van der Waals surface area (Å²) in [4.78, 5) is 19.5. The van der Waals surface area contributed by atoms with Crippen molar-refractivity contribution in [2.75, 3.05) is 0 Å². The number of carbonyl (C=O) groups is 1. The zero-order chi connectivity index (χ0) is 15.6. The Bertz CT molecular complexity index is 710. The summed E-state index contributed by atoms with van der Waals surface area (Å²) in [6, 6.07) is 4.08. The van der Waals surface area contributed by atoms with E-state index in [0.29, 0.717) is 32.9 Å². The fourth-order valence-corrected chi connectivity index (χ4v) is 3.20. The Morgan fingerprint density at radius 3 is 2.76 bits per heavy atom. The van der Waals surface area contributed by atoms with Gasteiger partial charge >= 0.3 is 5.97 Å². The molecular formula is C14H12ClFN2O2S. The van der Waals surface area contributed by atoms with Crippen molar-refractivity contribution in [2.24, 2.45) is 0 Å². The maximum Gasteiger partial charge on any atom is 0.340 e. The van der Waals surface area contributed by atoms with E-state index in [4.69, 9.17) is 11.6 Å². The molecule has 0 fully saturated rings. The van der Waals surface area contributed by atoms with Gasteiger partial charge in [-0.1, -0.05) is 11.6 Å². The standard InChI is InChI=1S/C14H12ClFN2O2S/c1-7-12(14(19)20)13(18-8(2)17-7)21-6-9-5-10(16)3-4-11(9)15/h3-5H,6H2,1-2H3,(H,19,20). The molecule has 0 bridgehead atoms. The lowest BCUT2D eigenvalue weighted by molar-refractivity contribution is 0.0690. The Kier molecular flexibility index (Phi) is 4.80. The predicted octanol–water partition coefficient (Wildman–Crippen LogP) is 3.88. The second kappa shape index (κ2) is 6.41. The minimum atomic E-state index is -1.08. The van der Waals surface area contributed by atoms with Crippen molar-refractivity contribution in [1.82, 2.24) is 9.97 Å². The van der Waals surface area contributed by atoms with Crippen LogP contribution in [-0.2, 0) is 5.75 Å². The summed E-state index contributed by atoms with van der Waals surface area (Å²) in [6.45, 7) is 3.31. The Hall–Kier alpha value is -1.66. The number of benzene rings is 1. The minimum absolute atomic E-state index is 0.0677. The summed E-state index contributed by atoms with van der Waals surface area (Å²) in [7, 11) is 0. The number of hydrogen-bond donors (Lipinski definition) is 1. The van der Waals surface area contributed by atoms with Crippen molar-refractivity contribution in [3.8, 4) is 0 Å². The first-order valence-corrected chi connectivity index (χ1v) is 7.40. The van der Waals surface area contributed by atoms with Crippen LogP contribution in [-0.4, -0.2) is 21.0 Å². The van der Waals surface area contributed by atoms with E-state index in [0.717, 1.165) is 0 Å². The van der Waals surface area contributed by atoms with Gasteiger partial charge in [-0.15, -0.1) is 11.8 Å². The van der Waals surface area contributed by atoms with Crippen LogP contribution in [0.25, 0.3) is 0 Å². The smallest absolute Gasteiger partial charge is 0.340 e. The average molecular weight is 327 g/mol. The fourth-order valence-electron chi connectivity index (χ4n) is 1.83. The molecule has 0 spiro atoms. The minimum Gasteiger partial charge on any atom is -0.478 e. The van der Waals surface area contributed by atoms with E-state index < -0.39 is 5.97 Å². The molecule has 110 valence electrons. The normalized spacial score (nSPS) is 10.7. The molecule has 1 aromatic carbocycles. The van der Waals surface area contributed by atoms with E-state index in [2.05, 4.69) is 9.97 Å². The maximum absolute atomic E-state index is 13.2. The molecule has 0 aliphatic heterocycles. The van der Waals surface area contributed by atoms with Gasteiger partial charge in [0, 0.05) is 10.8 Å². The first kappa shape index (κ1) is 15.7. The molecule has 0 atom stereocenters. The lowest BCUT2D eigenvalue weighted by atomic mass is 10.2. The summed E-state index contributed by atoms with van der Waals surface area (Å²) in [5.74, 6) is -0.651. The van der Waals surface area contributed by atoms with Crippen molar-refractivity contribution in [3.05, 3.63) is 51.7 Å². The van der Waals surface area contributed by atoms with Crippen LogP contribution in [0, 0.1) is 19.7 Å². The molecule has 21 heavy (non-hydrogen) atoms. The van der Waals surface area contributed by atoms with Crippen molar-refractivity contribution in [1.29, 1.82) is 0 Å². The molecule has 1 N–H and O–H groups in total. The average Bonchev–Trinajstić information content (AvgIpc) is 2.38. The van der Waals surface area contributed by atoms with Gasteiger partial charge in [0.25, 0.3) is 0 Å². The SMILES string of the molecule is Cc1nc(C)c(C(=O)O)c(SCc2cc(F)ccc2Cl)n1. The third-order valence-electron chi connectivity index (χ3n) is 2.75. The molecule has 0 saturated heterocycles. The van der Waals surface area contributed by atoms with Gasteiger partial charge in [-0.05, 0) is 37.6 Å². The summed E-state index contributed by atoms with van der Waals surface area (Å²) in [6.07, 6.45) is 0. The summed E-state index contributed by atoms with van der Waals surface area (Å²) in [5, 5.41) is 10.0. The fraction of sp³-hybridized carbons (Fsp3) is 0.214. The highest BCUT2D eigenvalue weighted by atomic mass is 35.5. The lowest BCUT2D eigenvalue weighted by Crippen LogP contribution is -2.08. The molecule has 2 aromatic rings. The number of aromatic nitrogens is 2. The Morgan fingerprint density at radius 1 is 1.38 bits per heavy atom. The molecule has 0 unspecified atom stereocenters. The van der Waals surface area contributed by atoms with Crippen LogP contribution in [0.2, 0.25) is 5.02 Å². The molecule has 0 aliphatic carbocycles. The zero-order valence-corrected chi connectivity index (χ0v) is 12.9. The second-order valence-electron chi connectivity index (χ2n) is 4.37. The Balaban J connectivity index is 2.31. The number of thioether (sulfide) groups is 1. The van der Waals surface area contributed by atoms with Crippen molar-refractivity contribution in [2.45, 2.75) is 24.6 Å². The molecule has 0 aliphatic rings. The maximum atomic E-state index is 13.2. The number of carboxylic acid groups (broad SMARTS) is 1. The van der Waals surface area contributed by atoms with Crippen molar-refractivity contribution in [3.63, 3.8) is 0 Å². The number of halogens is 2. The highest BCUT2D eigenvalue weighted by molar-refractivity contribution is 7.98. The van der Waals surface area contributed by atoms with Crippen LogP contribution in [0.4, 0.5) is 4.39 Å². The number of rotatable bonds is 4. The number of aromatic carboxylic acids is 1. The van der Waals surface area contributed by atoms with E-state index in [9.17, 15) is 14.3 Å². The zero-order valence-electron chi connectivity index (χ0n) is 11.4. The van der Waals surface area contributed by atoms with Gasteiger partial charge in [0.05, 0.1) is 5.69 Å². The molecular weight excluding hydrogens is 315 g/mol. The van der Waals surface area contributed by atoms with Crippen LogP contribution in [0.1, 0.15) is 27.4 Å². The molecule has 7 heteroatoms. The third kappa shape index (κ3) is 3.71. The van der Waals surface area contributed by atoms with Crippen LogP contribution in [0.3, 0.4) is 0 Å². The summed E-state index contributed by atoms with van der Waals surface area (Å²) >= 11 is 7.19. The quantitative estimate of drug-likeness (QED) is 0.682. The van der Waals surface area contributed by atoms with E-state index in [1.54, 1.807) is 13.8 Å². The van der Waals surface area contributed by atoms with Gasteiger partial charge in [-0.3, -0.25) is 0 Å². The van der Waals surface area contributed by atoms with Gasteiger partial charge < -0.3 is 5.11 Å². The molecule has 1 heterocycles. The van der Waals surface area contributed by atoms with Gasteiger partial charge in [0.2, 0.25) is 0 Å². The monoisotopic (exact) mass is 326 g/mol. The van der Waals surface area contributed by atoms with Crippen LogP contribution < -0.4 is 0 Å². The highest BCUT2D eigenvalue weighted by Crippen LogP contribution is 2.29. The molecule has 1 aromatic heterocycles. The van der Waals surface area contributed by atoms with Crippen LogP contribution in [0.5, 0.6) is 0 Å². The van der Waals surface area contributed by atoms with E-state index >= 15 is 0 Å². The van der Waals surface area contributed by atoms with Gasteiger partial charge in [0.1, 0.15) is 22.2 Å². The third-order valence-corrected chi connectivity index (χ3v) is 4.15. The summed E-state index contributed by atoms with van der Waals surface area (Å²) < 4.78 is 13.2. The summed E-state index contributed by atoms with van der Waals surface area (Å²) in [5.41, 5.74) is 1.06.